The zero-order valence-corrected chi connectivity index (χ0v) is 20.3. The van der Waals surface area contributed by atoms with E-state index in [0.29, 0.717) is 36.6 Å². The smallest absolute Gasteiger partial charge is 0.316 e. The summed E-state index contributed by atoms with van der Waals surface area (Å²) in [5, 5.41) is 0. The summed E-state index contributed by atoms with van der Waals surface area (Å²) in [5.74, 6) is -1.69. The van der Waals surface area contributed by atoms with E-state index in [1.165, 1.54) is 11.0 Å². The molecule has 0 spiro atoms. The van der Waals surface area contributed by atoms with Crippen molar-refractivity contribution in [2.45, 2.75) is 33.1 Å². The lowest BCUT2D eigenvalue weighted by Gasteiger charge is -2.20. The van der Waals surface area contributed by atoms with Crippen molar-refractivity contribution >= 4 is 35.1 Å². The van der Waals surface area contributed by atoms with Crippen LogP contribution in [0.5, 0.6) is 11.5 Å². The third kappa shape index (κ3) is 4.27. The molecular weight excluding hydrogens is 460 g/mol. The fourth-order valence-electron chi connectivity index (χ4n) is 5.23. The van der Waals surface area contributed by atoms with Gasteiger partial charge in [0.15, 0.2) is 0 Å². The number of benzene rings is 2. The monoisotopic (exact) mass is 488 g/mol. The molecule has 0 unspecified atom stereocenters. The molecule has 2 heterocycles. The highest BCUT2D eigenvalue weighted by Gasteiger charge is 2.48. The first-order chi connectivity index (χ1) is 17.4. The number of nitrogens with zero attached hydrogens (tertiary/aromatic N) is 2. The molecule has 3 amide bonds. The first-order valence-electron chi connectivity index (χ1n) is 12.2. The normalized spacial score (nSPS) is 23.6. The zero-order chi connectivity index (χ0) is 25.4. The van der Waals surface area contributed by atoms with E-state index in [-0.39, 0.29) is 48.3 Å². The van der Waals surface area contributed by atoms with Crippen molar-refractivity contribution in [1.29, 1.82) is 0 Å². The van der Waals surface area contributed by atoms with Gasteiger partial charge >= 0.3 is 5.97 Å². The quantitative estimate of drug-likeness (QED) is 0.265. The molecule has 8 nitrogen and oxygen atoms in total. The molecular formula is C28H28N2O6. The summed E-state index contributed by atoms with van der Waals surface area (Å²) < 4.78 is 11.2. The van der Waals surface area contributed by atoms with Crippen LogP contribution < -0.4 is 19.3 Å². The van der Waals surface area contributed by atoms with Gasteiger partial charge in [0.1, 0.15) is 11.5 Å². The predicted molar refractivity (Wildman–Crippen MR) is 133 cm³/mol. The van der Waals surface area contributed by atoms with Crippen LogP contribution in [0.2, 0.25) is 0 Å². The van der Waals surface area contributed by atoms with Gasteiger partial charge in [-0.2, -0.15) is 0 Å². The van der Waals surface area contributed by atoms with Crippen LogP contribution in [0.15, 0.2) is 60.2 Å². The molecule has 0 radical (unpaired) electrons. The number of hydrogen-bond donors (Lipinski definition) is 0. The molecule has 2 saturated heterocycles. The SMILES string of the molecule is CCOc1ccccc1N1C[C@H](C(=O)Oc2cccc(N3C(=O)[C@H]4CC=C(C)C[C@H]4C3=O)c2)CC1=O. The Kier molecular flexibility index (Phi) is 6.35. The number of anilines is 2. The number of hydrogen-bond acceptors (Lipinski definition) is 6. The van der Waals surface area contributed by atoms with Gasteiger partial charge in [-0.05, 0) is 51.0 Å². The van der Waals surface area contributed by atoms with Crippen molar-refractivity contribution in [3.63, 3.8) is 0 Å². The minimum atomic E-state index is -0.650. The maximum absolute atomic E-state index is 13.0. The fraction of sp³-hybridized carbons (Fsp3) is 0.357. The number of amides is 3. The van der Waals surface area contributed by atoms with Crippen LogP contribution in [0.3, 0.4) is 0 Å². The Balaban J connectivity index is 1.29. The lowest BCUT2D eigenvalue weighted by atomic mass is 9.82. The summed E-state index contributed by atoms with van der Waals surface area (Å²) in [4.78, 5) is 54.5. The number of carbonyl (C=O) groups is 4. The summed E-state index contributed by atoms with van der Waals surface area (Å²) in [6.45, 7) is 4.48. The van der Waals surface area contributed by atoms with Crippen LogP contribution in [0.1, 0.15) is 33.1 Å². The molecule has 0 saturated carbocycles. The number of rotatable bonds is 6. The highest BCUT2D eigenvalue weighted by molar-refractivity contribution is 6.22. The maximum atomic E-state index is 13.0. The van der Waals surface area contributed by atoms with E-state index in [9.17, 15) is 19.2 Å². The lowest BCUT2D eigenvalue weighted by Crippen LogP contribution is -2.31. The number of para-hydroxylation sites is 2. The summed E-state index contributed by atoms with van der Waals surface area (Å²) >= 11 is 0. The Hall–Kier alpha value is -3.94. The molecule has 2 aliphatic heterocycles. The number of fused-ring (bicyclic) bond motifs is 1. The topological polar surface area (TPSA) is 93.2 Å². The molecule has 5 rings (SSSR count). The Morgan fingerprint density at radius 3 is 2.58 bits per heavy atom. The number of imide groups is 1. The molecule has 1 aliphatic carbocycles. The van der Waals surface area contributed by atoms with E-state index in [0.717, 1.165) is 5.57 Å². The van der Waals surface area contributed by atoms with Crippen LogP contribution in [-0.4, -0.2) is 36.8 Å². The van der Waals surface area contributed by atoms with Gasteiger partial charge in [0.25, 0.3) is 0 Å². The van der Waals surface area contributed by atoms with E-state index in [4.69, 9.17) is 9.47 Å². The average molecular weight is 489 g/mol. The summed E-state index contributed by atoms with van der Waals surface area (Å²) in [6.07, 6.45) is 3.19. The first kappa shape index (κ1) is 23.8. The van der Waals surface area contributed by atoms with Crippen LogP contribution in [0.4, 0.5) is 11.4 Å². The Morgan fingerprint density at radius 1 is 1.00 bits per heavy atom. The molecule has 3 atom stereocenters. The van der Waals surface area contributed by atoms with E-state index in [1.54, 1.807) is 35.2 Å². The van der Waals surface area contributed by atoms with Gasteiger partial charge in [0, 0.05) is 19.0 Å². The van der Waals surface area contributed by atoms with Gasteiger partial charge < -0.3 is 14.4 Å². The third-order valence-corrected chi connectivity index (χ3v) is 7.03. The molecule has 36 heavy (non-hydrogen) atoms. The fourth-order valence-corrected chi connectivity index (χ4v) is 5.23. The van der Waals surface area contributed by atoms with Crippen molar-refractivity contribution in [2.75, 3.05) is 23.0 Å². The van der Waals surface area contributed by atoms with Gasteiger partial charge in [-0.15, -0.1) is 0 Å². The molecule has 2 aromatic carbocycles. The number of carbonyl (C=O) groups excluding carboxylic acids is 4. The second-order valence-corrected chi connectivity index (χ2v) is 9.44. The van der Waals surface area contributed by atoms with Crippen molar-refractivity contribution in [1.82, 2.24) is 0 Å². The minimum Gasteiger partial charge on any atom is -0.492 e. The average Bonchev–Trinajstić information content (AvgIpc) is 3.37. The van der Waals surface area contributed by atoms with Crippen molar-refractivity contribution < 1.29 is 28.7 Å². The zero-order valence-electron chi connectivity index (χ0n) is 20.3. The molecule has 0 aromatic heterocycles. The van der Waals surface area contributed by atoms with E-state index >= 15 is 0 Å². The van der Waals surface area contributed by atoms with E-state index < -0.39 is 11.9 Å². The second kappa shape index (κ2) is 9.60. The van der Waals surface area contributed by atoms with Gasteiger partial charge in [-0.25, -0.2) is 4.90 Å². The lowest BCUT2D eigenvalue weighted by molar-refractivity contribution is -0.139. The molecule has 0 bridgehead atoms. The standard InChI is InChI=1S/C28H28N2O6/c1-3-35-24-10-5-4-9-23(24)29-16-18(14-25(29)31)28(34)36-20-8-6-7-19(15-20)30-26(32)21-12-11-17(2)13-22(21)27(30)33/h4-11,15,18,21-22H,3,12-14,16H2,1-2H3/t18-,21+,22-/m1/s1. The predicted octanol–water partition coefficient (Wildman–Crippen LogP) is 3.89. The van der Waals surface area contributed by atoms with Gasteiger partial charge in [-0.1, -0.05) is 29.8 Å². The van der Waals surface area contributed by atoms with Crippen LogP contribution in [-0.2, 0) is 19.2 Å². The van der Waals surface area contributed by atoms with Crippen LogP contribution >= 0.6 is 0 Å². The molecule has 8 heteroatoms. The summed E-state index contributed by atoms with van der Waals surface area (Å²) in [6, 6.07) is 13.7. The molecule has 2 aromatic rings. The van der Waals surface area contributed by atoms with E-state index in [1.807, 2.05) is 32.1 Å². The van der Waals surface area contributed by atoms with Crippen molar-refractivity contribution in [3.8, 4) is 11.5 Å². The van der Waals surface area contributed by atoms with Gasteiger partial charge in [0.2, 0.25) is 17.7 Å². The Morgan fingerprint density at radius 2 is 1.78 bits per heavy atom. The van der Waals surface area contributed by atoms with Crippen LogP contribution in [0.25, 0.3) is 0 Å². The van der Waals surface area contributed by atoms with Gasteiger partial charge in [-0.3, -0.25) is 19.2 Å². The summed E-state index contributed by atoms with van der Waals surface area (Å²) in [5.41, 5.74) is 2.13. The van der Waals surface area contributed by atoms with Gasteiger partial charge in [0.05, 0.1) is 35.7 Å². The highest BCUT2D eigenvalue weighted by atomic mass is 16.5. The van der Waals surface area contributed by atoms with Crippen LogP contribution in [0, 0.1) is 17.8 Å². The highest BCUT2D eigenvalue weighted by Crippen LogP contribution is 2.40. The number of allylic oxidation sites excluding steroid dienone is 2. The Bertz CT molecular complexity index is 1270. The number of ether oxygens (including phenoxy) is 2. The third-order valence-electron chi connectivity index (χ3n) is 7.03. The van der Waals surface area contributed by atoms with Crippen molar-refractivity contribution in [3.05, 3.63) is 60.2 Å². The van der Waals surface area contributed by atoms with E-state index in [2.05, 4.69) is 0 Å². The number of esters is 1. The Labute approximate surface area is 209 Å². The summed E-state index contributed by atoms with van der Waals surface area (Å²) in [7, 11) is 0. The molecule has 186 valence electrons. The molecule has 2 fully saturated rings. The largest absolute Gasteiger partial charge is 0.492 e. The first-order valence-corrected chi connectivity index (χ1v) is 12.2. The molecule has 3 aliphatic rings. The van der Waals surface area contributed by atoms with Crippen molar-refractivity contribution in [2.24, 2.45) is 17.8 Å². The molecule has 0 N–H and O–H groups in total. The second-order valence-electron chi connectivity index (χ2n) is 9.44. The maximum Gasteiger partial charge on any atom is 0.316 e. The minimum absolute atomic E-state index is 0.0256.